The highest BCUT2D eigenvalue weighted by atomic mass is 15.2. The minimum atomic E-state index is 0.369. The second-order valence-corrected chi connectivity index (χ2v) is 7.88. The van der Waals surface area contributed by atoms with Crippen molar-refractivity contribution in [2.45, 2.75) is 70.3 Å². The van der Waals surface area contributed by atoms with Gasteiger partial charge in [-0.1, -0.05) is 26.7 Å². The Labute approximate surface area is 150 Å². The number of likely N-dealkylation sites (tertiary alicyclic amines) is 1. The Balaban J connectivity index is 1.55. The highest BCUT2D eigenvalue weighted by Crippen LogP contribution is 2.31. The average molecular weight is 339 g/mol. The molecule has 0 amide bonds. The summed E-state index contributed by atoms with van der Waals surface area (Å²) in [5, 5.41) is 0. The molecule has 5 heteroatoms. The van der Waals surface area contributed by atoms with E-state index in [2.05, 4.69) is 33.3 Å². The van der Waals surface area contributed by atoms with E-state index >= 15 is 0 Å². The maximum atomic E-state index is 4.98. The minimum absolute atomic E-state index is 0.369. The van der Waals surface area contributed by atoms with Gasteiger partial charge in [-0.15, -0.1) is 0 Å². The fourth-order valence-electron chi connectivity index (χ4n) is 4.47. The van der Waals surface area contributed by atoms with Crippen LogP contribution >= 0.6 is 0 Å². The number of imidazole rings is 1. The second kappa shape index (κ2) is 7.24. The van der Waals surface area contributed by atoms with Gasteiger partial charge in [-0.3, -0.25) is 14.5 Å². The van der Waals surface area contributed by atoms with E-state index in [1.54, 1.807) is 0 Å². The Morgan fingerprint density at radius 3 is 2.72 bits per heavy atom. The van der Waals surface area contributed by atoms with Crippen molar-refractivity contribution in [3.05, 3.63) is 36.3 Å². The van der Waals surface area contributed by atoms with Crippen LogP contribution in [0.25, 0.3) is 5.82 Å². The Kier molecular flexibility index (Phi) is 4.84. The Morgan fingerprint density at radius 2 is 1.92 bits per heavy atom. The van der Waals surface area contributed by atoms with Crippen LogP contribution in [0.2, 0.25) is 0 Å². The lowest BCUT2D eigenvalue weighted by molar-refractivity contribution is 0.149. The summed E-state index contributed by atoms with van der Waals surface area (Å²) in [5.41, 5.74) is 1.14. The average Bonchev–Trinajstić information content (AvgIpc) is 3.34. The fourth-order valence-corrected chi connectivity index (χ4v) is 4.47. The van der Waals surface area contributed by atoms with Gasteiger partial charge in [0.15, 0.2) is 5.82 Å². The summed E-state index contributed by atoms with van der Waals surface area (Å²) in [5.74, 6) is 2.82. The third kappa shape index (κ3) is 3.47. The first-order chi connectivity index (χ1) is 12.2. The van der Waals surface area contributed by atoms with Crippen molar-refractivity contribution in [2.75, 3.05) is 13.1 Å². The van der Waals surface area contributed by atoms with Crippen molar-refractivity contribution in [1.29, 1.82) is 0 Å². The van der Waals surface area contributed by atoms with Crippen LogP contribution in [0.15, 0.2) is 24.8 Å². The Morgan fingerprint density at radius 1 is 1.08 bits per heavy atom. The molecule has 3 heterocycles. The molecule has 5 nitrogen and oxygen atoms in total. The third-order valence-corrected chi connectivity index (χ3v) is 5.79. The minimum Gasteiger partial charge on any atom is -0.300 e. The summed E-state index contributed by atoms with van der Waals surface area (Å²) in [7, 11) is 0. The lowest BCUT2D eigenvalue weighted by atomic mass is 9.93. The van der Waals surface area contributed by atoms with Crippen LogP contribution in [-0.4, -0.2) is 43.6 Å². The molecule has 4 rings (SSSR count). The molecule has 1 saturated heterocycles. The number of piperidine rings is 1. The summed E-state index contributed by atoms with van der Waals surface area (Å²) in [4.78, 5) is 16.7. The zero-order chi connectivity index (χ0) is 17.2. The van der Waals surface area contributed by atoms with Gasteiger partial charge in [0.05, 0.1) is 11.9 Å². The molecule has 0 spiro atoms. The third-order valence-electron chi connectivity index (χ3n) is 5.79. The van der Waals surface area contributed by atoms with Crippen LogP contribution in [0.5, 0.6) is 0 Å². The van der Waals surface area contributed by atoms with Crippen molar-refractivity contribution < 1.29 is 0 Å². The van der Waals surface area contributed by atoms with Crippen LogP contribution < -0.4 is 0 Å². The van der Waals surface area contributed by atoms with Crippen LogP contribution in [-0.2, 0) is 0 Å². The first-order valence-corrected chi connectivity index (χ1v) is 9.82. The molecular formula is C20H29N5. The van der Waals surface area contributed by atoms with Gasteiger partial charge in [0.2, 0.25) is 0 Å². The molecule has 25 heavy (non-hydrogen) atoms. The summed E-state index contributed by atoms with van der Waals surface area (Å²) >= 11 is 0. The van der Waals surface area contributed by atoms with Crippen molar-refractivity contribution >= 4 is 0 Å². The van der Waals surface area contributed by atoms with Gasteiger partial charge in [0.1, 0.15) is 5.82 Å². The number of rotatable bonds is 4. The lowest BCUT2D eigenvalue weighted by Crippen LogP contribution is -2.40. The molecule has 0 N–H and O–H groups in total. The van der Waals surface area contributed by atoms with Gasteiger partial charge in [0, 0.05) is 43.0 Å². The van der Waals surface area contributed by atoms with Crippen molar-refractivity contribution in [2.24, 2.45) is 0 Å². The normalized spacial score (nSPS) is 22.8. The molecule has 2 fully saturated rings. The van der Waals surface area contributed by atoms with E-state index in [4.69, 9.17) is 4.98 Å². The standard InChI is InChI=1S/C20H29N5/c1-15(2)20-22-9-11-25(20)19-13-21-12-18(23-19)16-6-5-10-24(14-16)17-7-3-4-8-17/h9,11-13,15-17H,3-8,10,14H2,1-2H3/t16-/m1/s1. The molecule has 0 unspecified atom stereocenters. The topological polar surface area (TPSA) is 46.8 Å². The molecule has 1 saturated carbocycles. The largest absolute Gasteiger partial charge is 0.300 e. The Hall–Kier alpha value is -1.75. The van der Waals surface area contributed by atoms with E-state index in [1.807, 2.05) is 24.8 Å². The molecule has 1 aliphatic carbocycles. The molecule has 1 atom stereocenters. The zero-order valence-corrected chi connectivity index (χ0v) is 15.4. The van der Waals surface area contributed by atoms with Gasteiger partial charge >= 0.3 is 0 Å². The lowest BCUT2D eigenvalue weighted by Gasteiger charge is -2.36. The summed E-state index contributed by atoms with van der Waals surface area (Å²) in [6, 6.07) is 0.806. The molecule has 2 aromatic heterocycles. The van der Waals surface area contributed by atoms with Crippen LogP contribution in [0.1, 0.15) is 75.7 Å². The van der Waals surface area contributed by atoms with E-state index in [-0.39, 0.29) is 0 Å². The molecule has 0 radical (unpaired) electrons. The summed E-state index contributed by atoms with van der Waals surface area (Å²) in [6.07, 6.45) is 15.7. The second-order valence-electron chi connectivity index (χ2n) is 7.88. The maximum absolute atomic E-state index is 4.98. The monoisotopic (exact) mass is 339 g/mol. The number of aromatic nitrogens is 4. The predicted octanol–water partition coefficient (Wildman–Crippen LogP) is 3.91. The quantitative estimate of drug-likeness (QED) is 0.847. The fraction of sp³-hybridized carbons (Fsp3) is 0.650. The van der Waals surface area contributed by atoms with Crippen molar-refractivity contribution in [3.8, 4) is 5.82 Å². The summed E-state index contributed by atoms with van der Waals surface area (Å²) in [6.45, 7) is 6.73. The predicted molar refractivity (Wildman–Crippen MR) is 99.0 cm³/mol. The maximum Gasteiger partial charge on any atom is 0.156 e. The van der Waals surface area contributed by atoms with Gasteiger partial charge in [-0.05, 0) is 32.2 Å². The van der Waals surface area contributed by atoms with Gasteiger partial charge in [-0.2, -0.15) is 0 Å². The molecule has 1 aliphatic heterocycles. The molecule has 2 aliphatic rings. The van der Waals surface area contributed by atoms with E-state index in [9.17, 15) is 0 Å². The molecule has 134 valence electrons. The SMILES string of the molecule is CC(C)c1nccn1-c1cncc([C@@H]2CCCN(C3CCCC3)C2)n1. The van der Waals surface area contributed by atoms with Crippen molar-refractivity contribution in [3.63, 3.8) is 0 Å². The van der Waals surface area contributed by atoms with Crippen LogP contribution in [0, 0.1) is 0 Å². The molecule has 0 aromatic carbocycles. The van der Waals surface area contributed by atoms with Crippen molar-refractivity contribution in [1.82, 2.24) is 24.4 Å². The zero-order valence-electron chi connectivity index (χ0n) is 15.4. The number of hydrogen-bond acceptors (Lipinski definition) is 4. The first-order valence-electron chi connectivity index (χ1n) is 9.82. The molecule has 2 aromatic rings. The van der Waals surface area contributed by atoms with Gasteiger partial charge in [-0.25, -0.2) is 9.97 Å². The van der Waals surface area contributed by atoms with Crippen LogP contribution in [0.3, 0.4) is 0 Å². The number of hydrogen-bond donors (Lipinski definition) is 0. The highest BCUT2D eigenvalue weighted by molar-refractivity contribution is 5.25. The first kappa shape index (κ1) is 16.7. The Bertz CT molecular complexity index is 702. The smallest absolute Gasteiger partial charge is 0.156 e. The van der Waals surface area contributed by atoms with E-state index in [0.717, 1.165) is 29.9 Å². The number of nitrogens with zero attached hydrogens (tertiary/aromatic N) is 5. The van der Waals surface area contributed by atoms with Gasteiger partial charge in [0.25, 0.3) is 0 Å². The summed E-state index contributed by atoms with van der Waals surface area (Å²) < 4.78 is 2.08. The highest BCUT2D eigenvalue weighted by Gasteiger charge is 2.29. The molecule has 0 bridgehead atoms. The van der Waals surface area contributed by atoms with Gasteiger partial charge < -0.3 is 0 Å². The van der Waals surface area contributed by atoms with E-state index in [0.29, 0.717) is 11.8 Å². The van der Waals surface area contributed by atoms with E-state index in [1.165, 1.54) is 45.1 Å². The van der Waals surface area contributed by atoms with Crippen LogP contribution in [0.4, 0.5) is 0 Å². The molecular weight excluding hydrogens is 310 g/mol. The van der Waals surface area contributed by atoms with E-state index < -0.39 is 0 Å².